The van der Waals surface area contributed by atoms with Gasteiger partial charge >= 0.3 is 0 Å². The normalized spacial score (nSPS) is 25.0. The second-order valence-electron chi connectivity index (χ2n) is 9.09. The minimum Gasteiger partial charge on any atom is -0.496 e. The van der Waals surface area contributed by atoms with Gasteiger partial charge in [-0.3, -0.25) is 14.7 Å². The molecule has 28 heavy (non-hydrogen) atoms. The Bertz CT molecular complexity index is 620. The van der Waals surface area contributed by atoms with Crippen LogP contribution in [0.5, 0.6) is 5.75 Å². The molecule has 4 heteroatoms. The molecule has 0 spiro atoms. The smallest absolute Gasteiger partial charge is 0.122 e. The molecule has 1 heterocycles. The number of benzene rings is 1. The summed E-state index contributed by atoms with van der Waals surface area (Å²) >= 11 is 0. The van der Waals surface area contributed by atoms with Gasteiger partial charge in [-0.25, -0.2) is 0 Å². The fourth-order valence-electron chi connectivity index (χ4n) is 5.69. The van der Waals surface area contributed by atoms with Crippen LogP contribution in [0.15, 0.2) is 18.2 Å². The van der Waals surface area contributed by atoms with E-state index in [4.69, 9.17) is 4.74 Å². The molecule has 0 aromatic heterocycles. The molecule has 0 amide bonds. The van der Waals surface area contributed by atoms with Crippen molar-refractivity contribution < 1.29 is 4.74 Å². The number of likely N-dealkylation sites (N-methyl/N-ethyl adjacent to an activating group) is 1. The van der Waals surface area contributed by atoms with E-state index >= 15 is 0 Å². The summed E-state index contributed by atoms with van der Waals surface area (Å²) in [7, 11) is 4.12. The van der Waals surface area contributed by atoms with Gasteiger partial charge in [-0.15, -0.1) is 0 Å². The highest BCUT2D eigenvalue weighted by Gasteiger charge is 2.27. The molecule has 1 aromatic carbocycles. The molecule has 156 valence electrons. The summed E-state index contributed by atoms with van der Waals surface area (Å²) in [6.45, 7) is 7.41. The predicted octanol–water partition coefficient (Wildman–Crippen LogP) is 3.95. The molecule has 1 unspecified atom stereocenters. The summed E-state index contributed by atoms with van der Waals surface area (Å²) in [6.07, 6.45) is 10.9. The third kappa shape index (κ3) is 4.55. The lowest BCUT2D eigenvalue weighted by atomic mass is 9.86. The molecule has 1 saturated carbocycles. The van der Waals surface area contributed by atoms with Gasteiger partial charge in [0, 0.05) is 51.4 Å². The van der Waals surface area contributed by atoms with Crippen LogP contribution in [-0.2, 0) is 6.42 Å². The van der Waals surface area contributed by atoms with Crippen molar-refractivity contribution in [3.63, 3.8) is 0 Å². The first-order valence-corrected chi connectivity index (χ1v) is 11.6. The van der Waals surface area contributed by atoms with Gasteiger partial charge < -0.3 is 4.74 Å². The third-order valence-corrected chi connectivity index (χ3v) is 7.45. The van der Waals surface area contributed by atoms with Crippen LogP contribution in [0.2, 0.25) is 0 Å². The van der Waals surface area contributed by atoms with Gasteiger partial charge in [0.25, 0.3) is 0 Å². The average Bonchev–Trinajstić information content (AvgIpc) is 2.77. The van der Waals surface area contributed by atoms with Crippen LogP contribution in [0, 0.1) is 0 Å². The molecule has 0 radical (unpaired) electrons. The number of fused-ring (bicyclic) bond motifs is 1. The Kier molecular flexibility index (Phi) is 6.92. The van der Waals surface area contributed by atoms with Crippen molar-refractivity contribution in [3.05, 3.63) is 29.3 Å². The Balaban J connectivity index is 1.27. The highest BCUT2D eigenvalue weighted by atomic mass is 16.5. The lowest BCUT2D eigenvalue weighted by Gasteiger charge is -2.41. The van der Waals surface area contributed by atoms with Crippen LogP contribution < -0.4 is 4.74 Å². The van der Waals surface area contributed by atoms with E-state index in [2.05, 4.69) is 39.9 Å². The molecule has 0 N–H and O–H groups in total. The predicted molar refractivity (Wildman–Crippen MR) is 116 cm³/mol. The number of ether oxygens (including phenoxy) is 1. The topological polar surface area (TPSA) is 19.0 Å². The Morgan fingerprint density at radius 1 is 1.00 bits per heavy atom. The quantitative estimate of drug-likeness (QED) is 0.738. The lowest BCUT2D eigenvalue weighted by molar-refractivity contribution is 0.0709. The van der Waals surface area contributed by atoms with Crippen LogP contribution in [0.3, 0.4) is 0 Å². The second kappa shape index (κ2) is 9.60. The zero-order chi connectivity index (χ0) is 19.3. The third-order valence-electron chi connectivity index (χ3n) is 7.45. The molecule has 2 aliphatic carbocycles. The zero-order valence-electron chi connectivity index (χ0n) is 18.0. The first-order valence-electron chi connectivity index (χ1n) is 11.6. The Labute approximate surface area is 171 Å². The Hall–Kier alpha value is -1.10. The van der Waals surface area contributed by atoms with E-state index < -0.39 is 0 Å². The SMILES string of the molecule is COc1cccc2c1CCCC2N(C)CCN1CCN(C2CCCCC2)CC1. The van der Waals surface area contributed by atoms with Gasteiger partial charge in [-0.1, -0.05) is 31.4 Å². The molecule has 4 nitrogen and oxygen atoms in total. The largest absolute Gasteiger partial charge is 0.496 e. The number of nitrogens with zero attached hydrogens (tertiary/aromatic N) is 3. The molecule has 3 aliphatic rings. The first-order chi connectivity index (χ1) is 13.8. The van der Waals surface area contributed by atoms with Crippen LogP contribution in [0.4, 0.5) is 0 Å². The summed E-state index contributed by atoms with van der Waals surface area (Å²) in [4.78, 5) is 8.05. The van der Waals surface area contributed by atoms with Gasteiger partial charge in [0.15, 0.2) is 0 Å². The number of hydrogen-bond acceptors (Lipinski definition) is 4. The number of rotatable bonds is 6. The molecular formula is C24H39N3O. The Morgan fingerprint density at radius 2 is 1.79 bits per heavy atom. The van der Waals surface area contributed by atoms with E-state index in [1.54, 1.807) is 7.11 Å². The van der Waals surface area contributed by atoms with Crippen LogP contribution in [0.25, 0.3) is 0 Å². The van der Waals surface area contributed by atoms with Gasteiger partial charge in [0.2, 0.25) is 0 Å². The Morgan fingerprint density at radius 3 is 2.54 bits per heavy atom. The van der Waals surface area contributed by atoms with E-state index in [1.807, 2.05) is 0 Å². The maximum Gasteiger partial charge on any atom is 0.122 e. The molecular weight excluding hydrogens is 346 g/mol. The monoisotopic (exact) mass is 385 g/mol. The zero-order valence-corrected chi connectivity index (χ0v) is 18.0. The van der Waals surface area contributed by atoms with Gasteiger partial charge in [0.1, 0.15) is 5.75 Å². The number of methoxy groups -OCH3 is 1. The molecule has 1 aliphatic heterocycles. The van der Waals surface area contributed by atoms with E-state index in [0.29, 0.717) is 6.04 Å². The minimum absolute atomic E-state index is 0.544. The average molecular weight is 386 g/mol. The molecule has 1 atom stereocenters. The highest BCUT2D eigenvalue weighted by Crippen LogP contribution is 2.37. The van der Waals surface area contributed by atoms with E-state index in [-0.39, 0.29) is 0 Å². The maximum absolute atomic E-state index is 5.62. The van der Waals surface area contributed by atoms with Crippen molar-refractivity contribution in [3.8, 4) is 5.75 Å². The molecule has 1 aromatic rings. The van der Waals surface area contributed by atoms with E-state index in [9.17, 15) is 0 Å². The molecule has 4 rings (SSSR count). The van der Waals surface area contributed by atoms with Gasteiger partial charge in [-0.2, -0.15) is 0 Å². The van der Waals surface area contributed by atoms with Crippen molar-refractivity contribution in [1.29, 1.82) is 0 Å². The van der Waals surface area contributed by atoms with Gasteiger partial charge in [-0.05, 0) is 56.3 Å². The fourth-order valence-corrected chi connectivity index (χ4v) is 5.69. The van der Waals surface area contributed by atoms with E-state index in [1.165, 1.54) is 88.8 Å². The summed E-state index contributed by atoms with van der Waals surface area (Å²) in [6, 6.07) is 8.03. The maximum atomic E-state index is 5.62. The minimum atomic E-state index is 0.544. The van der Waals surface area contributed by atoms with Crippen molar-refractivity contribution in [2.24, 2.45) is 0 Å². The summed E-state index contributed by atoms with van der Waals surface area (Å²) in [5, 5.41) is 0. The van der Waals surface area contributed by atoms with Crippen molar-refractivity contribution in [1.82, 2.24) is 14.7 Å². The van der Waals surface area contributed by atoms with Gasteiger partial charge in [0.05, 0.1) is 7.11 Å². The van der Waals surface area contributed by atoms with Crippen LogP contribution in [-0.4, -0.2) is 74.2 Å². The molecule has 1 saturated heterocycles. The first kappa shape index (κ1) is 20.2. The molecule has 0 bridgehead atoms. The van der Waals surface area contributed by atoms with Crippen molar-refractivity contribution in [2.45, 2.75) is 63.5 Å². The number of hydrogen-bond donors (Lipinski definition) is 0. The van der Waals surface area contributed by atoms with Crippen molar-refractivity contribution >= 4 is 0 Å². The lowest BCUT2D eigenvalue weighted by Crippen LogP contribution is -2.52. The number of piperazine rings is 1. The summed E-state index contributed by atoms with van der Waals surface area (Å²) in [5.74, 6) is 1.08. The second-order valence-corrected chi connectivity index (χ2v) is 9.09. The van der Waals surface area contributed by atoms with Crippen LogP contribution in [0.1, 0.15) is 62.1 Å². The summed E-state index contributed by atoms with van der Waals surface area (Å²) in [5.41, 5.74) is 2.93. The van der Waals surface area contributed by atoms with Crippen molar-refractivity contribution in [2.75, 3.05) is 53.4 Å². The molecule has 2 fully saturated rings. The fraction of sp³-hybridized carbons (Fsp3) is 0.750. The standard InChI is InChI=1S/C24H39N3O/c1-25(23-12-6-11-22-21(23)10-7-13-24(22)28-2)14-15-26-16-18-27(19-17-26)20-8-4-3-5-9-20/h7,10,13,20,23H,3-6,8-9,11-12,14-19H2,1-2H3. The van der Waals surface area contributed by atoms with Crippen LogP contribution >= 0.6 is 0 Å². The summed E-state index contributed by atoms with van der Waals surface area (Å²) < 4.78 is 5.62. The highest BCUT2D eigenvalue weighted by molar-refractivity contribution is 5.43. The van der Waals surface area contributed by atoms with E-state index in [0.717, 1.165) is 24.8 Å².